The molecular weight excluding hydrogens is 646 g/mol. The van der Waals surface area contributed by atoms with Gasteiger partial charge in [0, 0.05) is 57.2 Å². The van der Waals surface area contributed by atoms with Crippen molar-refractivity contribution in [2.75, 3.05) is 32.1 Å². The molecule has 1 aliphatic carbocycles. The van der Waals surface area contributed by atoms with Crippen LogP contribution in [0, 0.1) is 5.92 Å². The zero-order chi connectivity index (χ0) is 34.8. The molecule has 2 aliphatic heterocycles. The van der Waals surface area contributed by atoms with Crippen LogP contribution in [0.3, 0.4) is 0 Å². The minimum atomic E-state index is -5.01. The van der Waals surface area contributed by atoms with Crippen molar-refractivity contribution in [3.8, 4) is 0 Å². The van der Waals surface area contributed by atoms with Crippen LogP contribution in [0.2, 0.25) is 0 Å². The summed E-state index contributed by atoms with van der Waals surface area (Å²) in [4.78, 5) is 37.4. The summed E-state index contributed by atoms with van der Waals surface area (Å²) in [6, 6.07) is 0.632. The van der Waals surface area contributed by atoms with Gasteiger partial charge in [0.05, 0.1) is 30.2 Å². The predicted molar refractivity (Wildman–Crippen MR) is 162 cm³/mol. The highest BCUT2D eigenvalue weighted by Gasteiger charge is 2.41. The summed E-state index contributed by atoms with van der Waals surface area (Å²) in [5, 5.41) is 5.96. The van der Waals surface area contributed by atoms with Crippen LogP contribution in [0.4, 0.5) is 37.1 Å². The Bertz CT molecular complexity index is 1450. The van der Waals surface area contributed by atoms with Gasteiger partial charge in [-0.05, 0) is 67.9 Å². The minimum absolute atomic E-state index is 0.0841. The summed E-state index contributed by atoms with van der Waals surface area (Å²) >= 11 is 0. The molecule has 16 heteroatoms. The first kappa shape index (κ1) is 35.2. The van der Waals surface area contributed by atoms with Gasteiger partial charge in [0.1, 0.15) is 6.10 Å². The van der Waals surface area contributed by atoms with Crippen molar-refractivity contribution in [3.05, 3.63) is 52.8 Å². The first-order chi connectivity index (χ1) is 22.7. The van der Waals surface area contributed by atoms with Gasteiger partial charge in [-0.3, -0.25) is 9.80 Å². The third-order valence-corrected chi connectivity index (χ3v) is 9.26. The van der Waals surface area contributed by atoms with Gasteiger partial charge in [-0.25, -0.2) is 14.8 Å². The molecule has 1 amide bonds. The Morgan fingerprint density at radius 2 is 1.58 bits per heavy atom. The summed E-state index contributed by atoms with van der Waals surface area (Å²) in [5.41, 5.74) is -2.32. The number of halogens is 6. The number of amides is 1. The van der Waals surface area contributed by atoms with E-state index in [1.54, 1.807) is 33.4 Å². The van der Waals surface area contributed by atoms with Crippen molar-refractivity contribution in [1.82, 2.24) is 19.9 Å². The molecule has 0 radical (unpaired) electrons. The number of anilines is 1. The number of hydrogen-bond acceptors (Lipinski definition) is 9. The predicted octanol–water partition coefficient (Wildman–Crippen LogP) is 6.26. The second-order valence-electron chi connectivity index (χ2n) is 12.6. The second-order valence-corrected chi connectivity index (χ2v) is 12.6. The van der Waals surface area contributed by atoms with Gasteiger partial charge in [-0.2, -0.15) is 31.4 Å². The lowest BCUT2D eigenvalue weighted by atomic mass is 9.87. The van der Waals surface area contributed by atoms with E-state index in [0.717, 1.165) is 5.56 Å². The van der Waals surface area contributed by atoms with E-state index in [2.05, 4.69) is 15.1 Å². The number of esters is 1. The van der Waals surface area contributed by atoms with Crippen molar-refractivity contribution in [1.29, 1.82) is 0 Å². The number of hydrazone groups is 1. The van der Waals surface area contributed by atoms with Crippen LogP contribution in [0.1, 0.15) is 73.6 Å². The number of alkyl halides is 6. The zero-order valence-corrected chi connectivity index (χ0v) is 26.8. The lowest BCUT2D eigenvalue weighted by molar-refractivity contribution is -0.147. The van der Waals surface area contributed by atoms with Gasteiger partial charge in [0.25, 0.3) is 0 Å². The Morgan fingerprint density at radius 3 is 2.10 bits per heavy atom. The molecule has 1 saturated heterocycles. The number of ether oxygens (including phenoxy) is 2. The van der Waals surface area contributed by atoms with E-state index in [-0.39, 0.29) is 54.5 Å². The molecule has 10 nitrogen and oxygen atoms in total. The number of carbonyl (C=O) groups excluding carboxylic acids is 2. The summed E-state index contributed by atoms with van der Waals surface area (Å²) in [7, 11) is 3.14. The molecule has 2 fully saturated rings. The molecule has 5 rings (SSSR count). The third-order valence-electron chi connectivity index (χ3n) is 9.26. The number of aromatic nitrogens is 2. The van der Waals surface area contributed by atoms with Crippen LogP contribution in [0.15, 0.2) is 35.7 Å². The van der Waals surface area contributed by atoms with E-state index >= 15 is 0 Å². The van der Waals surface area contributed by atoms with Gasteiger partial charge in [0.2, 0.25) is 5.95 Å². The molecule has 1 aromatic carbocycles. The Balaban J connectivity index is 1.41. The number of likely N-dealkylation sites (N-methyl/N-ethyl adjacent to an activating group) is 1. The van der Waals surface area contributed by atoms with Crippen LogP contribution in [0.25, 0.3) is 0 Å². The molecule has 48 heavy (non-hydrogen) atoms. The molecule has 0 spiro atoms. The average Bonchev–Trinajstić information content (AvgIpc) is 3.69. The molecule has 3 aliphatic rings. The molecule has 1 saturated carbocycles. The fourth-order valence-corrected chi connectivity index (χ4v) is 6.63. The normalized spacial score (nSPS) is 24.6. The van der Waals surface area contributed by atoms with Crippen molar-refractivity contribution >= 4 is 24.2 Å². The first-order valence-corrected chi connectivity index (χ1v) is 15.8. The van der Waals surface area contributed by atoms with E-state index in [9.17, 15) is 35.9 Å². The van der Waals surface area contributed by atoms with Crippen LogP contribution >= 0.6 is 0 Å². The number of likely N-dealkylation sites (tertiary alicyclic amines) is 1. The quantitative estimate of drug-likeness (QED) is 0.238. The number of carbonyl (C=O) groups is 2. The topological polar surface area (TPSA) is 100 Å². The van der Waals surface area contributed by atoms with Crippen molar-refractivity contribution in [2.24, 2.45) is 11.0 Å². The van der Waals surface area contributed by atoms with Crippen LogP contribution in [-0.4, -0.2) is 83.6 Å². The Kier molecular flexibility index (Phi) is 10.4. The van der Waals surface area contributed by atoms with E-state index in [1.165, 1.54) is 7.11 Å². The van der Waals surface area contributed by atoms with Crippen molar-refractivity contribution in [3.63, 3.8) is 0 Å². The fraction of sp³-hybridized carbons (Fsp3) is 0.594. The lowest BCUT2D eigenvalue weighted by Crippen LogP contribution is -2.42. The maximum atomic E-state index is 13.7. The minimum Gasteiger partial charge on any atom is -0.469 e. The average molecular weight is 685 g/mol. The third kappa shape index (κ3) is 8.12. The second kappa shape index (κ2) is 14.2. The van der Waals surface area contributed by atoms with E-state index in [1.807, 2.05) is 14.0 Å². The molecule has 2 aromatic rings. The zero-order valence-electron chi connectivity index (χ0n) is 26.8. The first-order valence-electron chi connectivity index (χ1n) is 15.8. The summed E-state index contributed by atoms with van der Waals surface area (Å²) in [6.45, 7) is 2.19. The molecule has 3 atom stereocenters. The van der Waals surface area contributed by atoms with Gasteiger partial charge in [-0.15, -0.1) is 0 Å². The lowest BCUT2D eigenvalue weighted by Gasteiger charge is -2.31. The van der Waals surface area contributed by atoms with Gasteiger partial charge in [0.15, 0.2) is 0 Å². The molecule has 1 aromatic heterocycles. The highest BCUT2D eigenvalue weighted by molar-refractivity contribution is 5.72. The standard InChI is InChI=1S/C32H38F6N6O4/c1-4-25-12-26(18-44(25)30(46)48-27-7-5-20(6-8-27)28(45)47-3)43(29-39-13-21(14-40-29)22-15-41-42(2)17-22)16-19-9-23(31(33,34)35)11-24(10-19)32(36,37)38/h9-11,13-15,20,22,25-27H,4-8,12,16-18H2,1-3H3/t20?,22?,25-,26+,27?/m1/s1. The van der Waals surface area contributed by atoms with Crippen molar-refractivity contribution < 1.29 is 45.4 Å². The molecule has 3 heterocycles. The molecule has 1 unspecified atom stereocenters. The molecule has 0 bridgehead atoms. The van der Waals surface area contributed by atoms with E-state index in [4.69, 9.17) is 9.47 Å². The van der Waals surface area contributed by atoms with Gasteiger partial charge < -0.3 is 19.3 Å². The molecule has 0 N–H and O–H groups in total. The maximum Gasteiger partial charge on any atom is 0.416 e. The highest BCUT2D eigenvalue weighted by atomic mass is 19.4. The SMILES string of the molecule is CC[C@@H]1C[C@H](N(Cc2cc(C(F)(F)F)cc(C(F)(F)F)c2)c2ncc(C3C=NN(C)C3)cn2)CN1C(=O)OC1CCC(C(=O)OC)CC1. The summed E-state index contributed by atoms with van der Waals surface area (Å²) in [5.74, 6) is -0.529. The van der Waals surface area contributed by atoms with Crippen molar-refractivity contribution in [2.45, 2.75) is 88.5 Å². The number of methoxy groups -OCH3 is 1. The number of rotatable bonds is 8. The smallest absolute Gasteiger partial charge is 0.416 e. The monoisotopic (exact) mass is 684 g/mol. The highest BCUT2D eigenvalue weighted by Crippen LogP contribution is 2.38. The largest absolute Gasteiger partial charge is 0.469 e. The number of nitrogens with zero attached hydrogens (tertiary/aromatic N) is 6. The number of benzene rings is 1. The Morgan fingerprint density at radius 1 is 0.958 bits per heavy atom. The maximum absolute atomic E-state index is 13.7. The summed E-state index contributed by atoms with van der Waals surface area (Å²) < 4.78 is 93.0. The molecular formula is C32H38F6N6O4. The fourth-order valence-electron chi connectivity index (χ4n) is 6.63. The van der Waals surface area contributed by atoms with Crippen LogP contribution in [0.5, 0.6) is 0 Å². The van der Waals surface area contributed by atoms with E-state index in [0.29, 0.717) is 57.2 Å². The Hall–Kier alpha value is -4.11. The van der Waals surface area contributed by atoms with Crippen LogP contribution < -0.4 is 4.90 Å². The molecule has 262 valence electrons. The van der Waals surface area contributed by atoms with Gasteiger partial charge in [-0.1, -0.05) is 6.92 Å². The van der Waals surface area contributed by atoms with E-state index < -0.39 is 41.7 Å². The Labute approximate surface area is 274 Å². The summed E-state index contributed by atoms with van der Waals surface area (Å²) in [6.07, 6.45) is -3.18. The van der Waals surface area contributed by atoms with Crippen LogP contribution in [-0.2, 0) is 33.2 Å². The van der Waals surface area contributed by atoms with Gasteiger partial charge >= 0.3 is 24.4 Å². The number of hydrogen-bond donors (Lipinski definition) is 0.